The minimum absolute atomic E-state index is 0.912. The van der Waals surface area contributed by atoms with Gasteiger partial charge in [0.15, 0.2) is 0 Å². The van der Waals surface area contributed by atoms with E-state index in [4.69, 9.17) is 0 Å². The third-order valence-corrected chi connectivity index (χ3v) is 0.981. The van der Waals surface area contributed by atoms with Crippen LogP contribution in [0.25, 0.3) is 0 Å². The molecule has 50 valence electrons. The van der Waals surface area contributed by atoms with Crippen molar-refractivity contribution >= 4 is 12.9 Å². The van der Waals surface area contributed by atoms with E-state index in [0.717, 1.165) is 12.1 Å². The summed E-state index contributed by atoms with van der Waals surface area (Å²) in [5.41, 5.74) is 0.973. The lowest BCUT2D eigenvalue weighted by Gasteiger charge is -1.88. The van der Waals surface area contributed by atoms with Crippen molar-refractivity contribution in [1.29, 1.82) is 0 Å². The Morgan fingerprint density at radius 3 is 2.67 bits per heavy atom. The fourth-order valence-corrected chi connectivity index (χ4v) is 0.443. The Morgan fingerprint density at radius 2 is 2.33 bits per heavy atom. The van der Waals surface area contributed by atoms with E-state index >= 15 is 0 Å². The summed E-state index contributed by atoms with van der Waals surface area (Å²) in [6, 6.07) is 0. The average Bonchev–Trinajstić information content (AvgIpc) is 1.91. The van der Waals surface area contributed by atoms with Crippen LogP contribution >= 0.6 is 0 Å². The van der Waals surface area contributed by atoms with Crippen molar-refractivity contribution in [1.82, 2.24) is 0 Å². The van der Waals surface area contributed by atoms with E-state index in [-0.39, 0.29) is 0 Å². The lowest BCUT2D eigenvalue weighted by atomic mass is 10.3. The van der Waals surface area contributed by atoms with Gasteiger partial charge in [0.2, 0.25) is 0 Å². The van der Waals surface area contributed by atoms with Gasteiger partial charge in [-0.1, -0.05) is 6.92 Å². The van der Waals surface area contributed by atoms with Crippen molar-refractivity contribution in [2.24, 2.45) is 9.98 Å². The molecule has 0 unspecified atom stereocenters. The molecule has 0 aliphatic carbocycles. The Hall–Kier alpha value is -0.920. The van der Waals surface area contributed by atoms with Crippen molar-refractivity contribution in [3.8, 4) is 0 Å². The summed E-state index contributed by atoms with van der Waals surface area (Å²) in [6.45, 7) is 5.44. The maximum atomic E-state index is 3.78. The zero-order chi connectivity index (χ0) is 7.11. The van der Waals surface area contributed by atoms with Gasteiger partial charge in [-0.3, -0.25) is 9.98 Å². The second-order valence-corrected chi connectivity index (χ2v) is 1.58. The van der Waals surface area contributed by atoms with Gasteiger partial charge in [0.25, 0.3) is 0 Å². The molecule has 0 atom stereocenters. The van der Waals surface area contributed by atoms with Gasteiger partial charge in [-0.05, 0) is 19.2 Å². The summed E-state index contributed by atoms with van der Waals surface area (Å²) in [7, 11) is 1.73. The summed E-state index contributed by atoms with van der Waals surface area (Å²) >= 11 is 0. The van der Waals surface area contributed by atoms with Crippen LogP contribution in [0.3, 0.4) is 0 Å². The monoisotopic (exact) mass is 124 g/mol. The summed E-state index contributed by atoms with van der Waals surface area (Å²) < 4.78 is 0. The molecule has 0 aliphatic heterocycles. The molecule has 0 spiro atoms. The highest BCUT2D eigenvalue weighted by atomic mass is 14.7. The van der Waals surface area contributed by atoms with Crippen LogP contribution in [-0.2, 0) is 0 Å². The molecule has 0 saturated carbocycles. The highest BCUT2D eigenvalue weighted by molar-refractivity contribution is 5.72. The average molecular weight is 124 g/mol. The predicted molar refractivity (Wildman–Crippen MR) is 42.3 cm³/mol. The summed E-state index contributed by atoms with van der Waals surface area (Å²) in [6.07, 6.45) is 4.48. The molecule has 2 heteroatoms. The smallest absolute Gasteiger partial charge is 0.0408 e. The molecule has 0 amide bonds. The van der Waals surface area contributed by atoms with Crippen LogP contribution in [-0.4, -0.2) is 20.0 Å². The molecule has 0 aromatic heterocycles. The largest absolute Gasteiger partial charge is 0.296 e. The van der Waals surface area contributed by atoms with Crippen molar-refractivity contribution in [3.63, 3.8) is 0 Å². The molecule has 0 radical (unpaired) electrons. The standard InChI is InChI=1S/C7H12N2/c1-4-7(9-3)5-6-8-2/h5-6H,3-4H2,1-2H3/b7-5-,8-6-. The third kappa shape index (κ3) is 3.64. The highest BCUT2D eigenvalue weighted by Gasteiger charge is 1.81. The molecular formula is C7H12N2. The van der Waals surface area contributed by atoms with Crippen molar-refractivity contribution < 1.29 is 0 Å². The van der Waals surface area contributed by atoms with E-state index < -0.39 is 0 Å². The Morgan fingerprint density at radius 1 is 1.67 bits per heavy atom. The number of rotatable bonds is 3. The zero-order valence-electron chi connectivity index (χ0n) is 5.96. The molecule has 0 aliphatic rings. The van der Waals surface area contributed by atoms with Gasteiger partial charge in [-0.25, -0.2) is 0 Å². The van der Waals surface area contributed by atoms with Crippen molar-refractivity contribution in [3.05, 3.63) is 11.8 Å². The maximum absolute atomic E-state index is 3.78. The lowest BCUT2D eigenvalue weighted by molar-refractivity contribution is 1.08. The second kappa shape index (κ2) is 5.22. The van der Waals surface area contributed by atoms with Crippen LogP contribution < -0.4 is 0 Å². The Balaban J connectivity index is 3.90. The van der Waals surface area contributed by atoms with Crippen LogP contribution in [0.2, 0.25) is 0 Å². The number of nitrogens with zero attached hydrogens (tertiary/aromatic N) is 2. The lowest BCUT2D eigenvalue weighted by Crippen LogP contribution is -1.74. The summed E-state index contributed by atoms with van der Waals surface area (Å²) in [4.78, 5) is 7.55. The number of aliphatic imine (C=N–C) groups is 2. The van der Waals surface area contributed by atoms with Crippen LogP contribution in [0.1, 0.15) is 13.3 Å². The van der Waals surface area contributed by atoms with Gasteiger partial charge in [0.05, 0.1) is 0 Å². The van der Waals surface area contributed by atoms with E-state index in [1.807, 2.05) is 13.0 Å². The van der Waals surface area contributed by atoms with E-state index in [1.165, 1.54) is 0 Å². The Labute approximate surface area is 56.0 Å². The van der Waals surface area contributed by atoms with E-state index in [9.17, 15) is 0 Å². The van der Waals surface area contributed by atoms with E-state index in [2.05, 4.69) is 16.7 Å². The molecule has 0 heterocycles. The first-order valence-corrected chi connectivity index (χ1v) is 2.93. The number of allylic oxidation sites excluding steroid dienone is 2. The molecule has 2 nitrogen and oxygen atoms in total. The predicted octanol–water partition coefficient (Wildman–Crippen LogP) is 1.68. The number of hydrogen-bond donors (Lipinski definition) is 0. The van der Waals surface area contributed by atoms with Gasteiger partial charge in [0.1, 0.15) is 0 Å². The number of hydrogen-bond acceptors (Lipinski definition) is 2. The molecule has 0 N–H and O–H groups in total. The van der Waals surface area contributed by atoms with Crippen LogP contribution in [0.4, 0.5) is 0 Å². The van der Waals surface area contributed by atoms with Gasteiger partial charge in [-0.2, -0.15) is 0 Å². The van der Waals surface area contributed by atoms with Crippen molar-refractivity contribution in [2.45, 2.75) is 13.3 Å². The first-order chi connectivity index (χ1) is 4.35. The van der Waals surface area contributed by atoms with Gasteiger partial charge < -0.3 is 0 Å². The fourth-order valence-electron chi connectivity index (χ4n) is 0.443. The van der Waals surface area contributed by atoms with Gasteiger partial charge in [0, 0.05) is 19.0 Å². The summed E-state index contributed by atoms with van der Waals surface area (Å²) in [5, 5.41) is 0. The minimum atomic E-state index is 0.912. The second-order valence-electron chi connectivity index (χ2n) is 1.58. The molecule has 0 bridgehead atoms. The van der Waals surface area contributed by atoms with Gasteiger partial charge in [-0.15, -0.1) is 0 Å². The topological polar surface area (TPSA) is 24.7 Å². The van der Waals surface area contributed by atoms with Crippen LogP contribution in [0.5, 0.6) is 0 Å². The Kier molecular flexibility index (Phi) is 4.69. The normalized spacial score (nSPS) is 12.4. The first-order valence-electron chi connectivity index (χ1n) is 2.93. The molecule has 9 heavy (non-hydrogen) atoms. The third-order valence-electron chi connectivity index (χ3n) is 0.981. The van der Waals surface area contributed by atoms with Gasteiger partial charge >= 0.3 is 0 Å². The Bertz CT molecular complexity index is 134. The summed E-state index contributed by atoms with van der Waals surface area (Å²) in [5.74, 6) is 0. The quantitative estimate of drug-likeness (QED) is 0.511. The van der Waals surface area contributed by atoms with Crippen LogP contribution in [0, 0.1) is 0 Å². The van der Waals surface area contributed by atoms with E-state index in [1.54, 1.807) is 13.3 Å². The molecular weight excluding hydrogens is 112 g/mol. The molecule has 0 aromatic rings. The molecule has 0 aromatic carbocycles. The first kappa shape index (κ1) is 8.08. The minimum Gasteiger partial charge on any atom is -0.296 e. The molecule has 0 rings (SSSR count). The molecule has 0 saturated heterocycles. The van der Waals surface area contributed by atoms with Crippen LogP contribution in [0.15, 0.2) is 21.8 Å². The SMILES string of the molecule is C=N/C(=C\C=N/C)CC. The highest BCUT2D eigenvalue weighted by Crippen LogP contribution is 1.97. The zero-order valence-corrected chi connectivity index (χ0v) is 5.96. The van der Waals surface area contributed by atoms with E-state index in [0.29, 0.717) is 0 Å². The fraction of sp³-hybridized carbons (Fsp3) is 0.429. The maximum Gasteiger partial charge on any atom is 0.0408 e. The van der Waals surface area contributed by atoms with Crippen molar-refractivity contribution in [2.75, 3.05) is 7.05 Å². The molecule has 0 fully saturated rings.